The van der Waals surface area contributed by atoms with Gasteiger partial charge in [0.1, 0.15) is 11.6 Å². The summed E-state index contributed by atoms with van der Waals surface area (Å²) in [6.45, 7) is 8.50. The number of carbonyl (C=O) groups is 1. The Hall–Kier alpha value is -3.65. The number of piperidine rings is 2. The Balaban J connectivity index is 1.17. The minimum atomic E-state index is -0.0695. The van der Waals surface area contributed by atoms with Gasteiger partial charge < -0.3 is 25.2 Å². The van der Waals surface area contributed by atoms with Crippen LogP contribution >= 0.6 is 0 Å². The Morgan fingerprint density at radius 1 is 0.974 bits per heavy atom. The highest BCUT2D eigenvalue weighted by Crippen LogP contribution is 2.30. The molecule has 2 aromatic carbocycles. The molecule has 1 atom stereocenters. The molecule has 39 heavy (non-hydrogen) atoms. The summed E-state index contributed by atoms with van der Waals surface area (Å²) < 4.78 is 5.19. The molecule has 2 N–H and O–H groups in total. The van der Waals surface area contributed by atoms with E-state index in [0.29, 0.717) is 24.1 Å². The molecule has 2 saturated heterocycles. The normalized spacial score (nSPS) is 18.7. The number of hydrogen-bond donors (Lipinski definition) is 2. The fourth-order valence-corrected chi connectivity index (χ4v) is 5.62. The third-order valence-electron chi connectivity index (χ3n) is 7.97. The number of methoxy groups -OCH3 is 1. The van der Waals surface area contributed by atoms with E-state index < -0.39 is 0 Å². The molecule has 8 heteroatoms. The molecule has 1 amide bonds. The highest BCUT2D eigenvalue weighted by molar-refractivity contribution is 5.94. The Morgan fingerprint density at radius 2 is 1.72 bits per heavy atom. The summed E-state index contributed by atoms with van der Waals surface area (Å²) in [7, 11) is 1.62. The number of nitrogens with one attached hydrogen (secondary N) is 2. The van der Waals surface area contributed by atoms with Crippen molar-refractivity contribution in [3.05, 3.63) is 72.1 Å². The van der Waals surface area contributed by atoms with E-state index in [0.717, 1.165) is 42.5 Å². The lowest BCUT2D eigenvalue weighted by Crippen LogP contribution is -2.48. The minimum absolute atomic E-state index is 0.0479. The van der Waals surface area contributed by atoms with Crippen LogP contribution < -0.4 is 20.3 Å². The highest BCUT2D eigenvalue weighted by atomic mass is 16.5. The van der Waals surface area contributed by atoms with Crippen molar-refractivity contribution in [3.8, 4) is 5.75 Å². The summed E-state index contributed by atoms with van der Waals surface area (Å²) in [5.41, 5.74) is 3.05. The quantitative estimate of drug-likeness (QED) is 0.415. The third-order valence-corrected chi connectivity index (χ3v) is 7.97. The van der Waals surface area contributed by atoms with E-state index in [-0.39, 0.29) is 11.9 Å². The van der Waals surface area contributed by atoms with Gasteiger partial charge in [-0.05, 0) is 100 Å². The molecule has 2 aliphatic heterocycles. The first-order valence-electron chi connectivity index (χ1n) is 14.1. The summed E-state index contributed by atoms with van der Waals surface area (Å²) in [5.74, 6) is 2.84. The molecule has 5 rings (SSSR count). The second-order valence-corrected chi connectivity index (χ2v) is 10.9. The number of nitrogens with zero attached hydrogens (tertiary/aromatic N) is 4. The number of carbonyl (C=O) groups excluding carboxylic acids is 1. The van der Waals surface area contributed by atoms with Crippen LogP contribution in [0.15, 0.2) is 60.9 Å². The number of aromatic nitrogens is 2. The predicted molar refractivity (Wildman–Crippen MR) is 156 cm³/mol. The third kappa shape index (κ3) is 6.87. The van der Waals surface area contributed by atoms with Gasteiger partial charge in [-0.3, -0.25) is 9.78 Å². The van der Waals surface area contributed by atoms with Crippen LogP contribution in [-0.4, -0.2) is 66.1 Å². The molecular formula is C31H40N6O2. The number of hydrogen-bond acceptors (Lipinski definition) is 7. The van der Waals surface area contributed by atoms with Crippen molar-refractivity contribution in [3.63, 3.8) is 0 Å². The van der Waals surface area contributed by atoms with Gasteiger partial charge in [-0.15, -0.1) is 0 Å². The fourth-order valence-electron chi connectivity index (χ4n) is 5.62. The Bertz CT molecular complexity index is 1220. The van der Waals surface area contributed by atoms with Crippen molar-refractivity contribution in [1.29, 1.82) is 0 Å². The topological polar surface area (TPSA) is 82.6 Å². The summed E-state index contributed by atoms with van der Waals surface area (Å²) in [6.07, 6.45) is 7.90. The smallest absolute Gasteiger partial charge is 0.251 e. The van der Waals surface area contributed by atoms with E-state index in [1.807, 2.05) is 0 Å². The second-order valence-electron chi connectivity index (χ2n) is 10.9. The maximum atomic E-state index is 12.8. The van der Waals surface area contributed by atoms with Crippen molar-refractivity contribution in [2.24, 2.45) is 0 Å². The number of benzene rings is 2. The zero-order chi connectivity index (χ0) is 27.2. The number of anilines is 3. The van der Waals surface area contributed by atoms with Gasteiger partial charge in [0, 0.05) is 36.4 Å². The number of ether oxygens (including phenoxy) is 1. The molecule has 206 valence electrons. The predicted octanol–water partition coefficient (Wildman–Crippen LogP) is 5.22. The Labute approximate surface area is 231 Å². The zero-order valence-electron chi connectivity index (χ0n) is 23.3. The molecule has 2 aliphatic rings. The lowest BCUT2D eigenvalue weighted by Gasteiger charge is -2.34. The molecule has 3 aromatic rings. The van der Waals surface area contributed by atoms with Crippen LogP contribution in [0, 0.1) is 0 Å². The van der Waals surface area contributed by atoms with Crippen molar-refractivity contribution < 1.29 is 9.53 Å². The van der Waals surface area contributed by atoms with Gasteiger partial charge in [0.25, 0.3) is 5.91 Å². The standard InChI is InChI=1S/C31H40N6O2/c1-22(2)36-17-14-24(15-18-36)23-6-10-26(11-7-23)33-29-19-32-20-30(35-29)37-16-4-5-27(21-37)34-31(38)25-8-12-28(39-3)13-9-25/h6-13,19-20,22,24,27H,4-5,14-18,21H2,1-3H3,(H,33,35)(H,34,38)/t27-/m1/s1. The first-order valence-corrected chi connectivity index (χ1v) is 14.1. The average Bonchev–Trinajstić information content (AvgIpc) is 2.98. The first kappa shape index (κ1) is 26.9. The van der Waals surface area contributed by atoms with E-state index >= 15 is 0 Å². The van der Waals surface area contributed by atoms with Crippen LogP contribution in [0.2, 0.25) is 0 Å². The summed E-state index contributed by atoms with van der Waals surface area (Å²) in [4.78, 5) is 26.8. The van der Waals surface area contributed by atoms with Gasteiger partial charge in [-0.2, -0.15) is 0 Å². The molecule has 0 bridgehead atoms. The first-order chi connectivity index (χ1) is 19.0. The molecule has 0 spiro atoms. The van der Waals surface area contributed by atoms with Crippen LogP contribution in [-0.2, 0) is 0 Å². The lowest BCUT2D eigenvalue weighted by atomic mass is 9.89. The molecular weight excluding hydrogens is 488 g/mol. The highest BCUT2D eigenvalue weighted by Gasteiger charge is 2.24. The van der Waals surface area contributed by atoms with Gasteiger partial charge in [0.05, 0.1) is 19.5 Å². The zero-order valence-corrected chi connectivity index (χ0v) is 23.3. The largest absolute Gasteiger partial charge is 0.497 e. The van der Waals surface area contributed by atoms with Gasteiger partial charge >= 0.3 is 0 Å². The van der Waals surface area contributed by atoms with Crippen molar-refractivity contribution in [2.75, 3.05) is 43.5 Å². The molecule has 8 nitrogen and oxygen atoms in total. The van der Waals surface area contributed by atoms with Crippen molar-refractivity contribution in [2.45, 2.75) is 57.5 Å². The monoisotopic (exact) mass is 528 g/mol. The van der Waals surface area contributed by atoms with Crippen LogP contribution in [0.3, 0.4) is 0 Å². The van der Waals surface area contributed by atoms with E-state index in [2.05, 4.69) is 63.5 Å². The molecule has 2 fully saturated rings. The summed E-state index contributed by atoms with van der Waals surface area (Å²) in [6, 6.07) is 16.6. The summed E-state index contributed by atoms with van der Waals surface area (Å²) >= 11 is 0. The number of likely N-dealkylation sites (tertiary alicyclic amines) is 1. The van der Waals surface area contributed by atoms with Crippen LogP contribution in [0.1, 0.15) is 61.4 Å². The van der Waals surface area contributed by atoms with E-state index in [9.17, 15) is 4.79 Å². The average molecular weight is 529 g/mol. The number of amides is 1. The second kappa shape index (κ2) is 12.5. The molecule has 3 heterocycles. The fraction of sp³-hybridized carbons (Fsp3) is 0.452. The van der Waals surface area contributed by atoms with E-state index in [4.69, 9.17) is 9.72 Å². The maximum Gasteiger partial charge on any atom is 0.251 e. The lowest BCUT2D eigenvalue weighted by molar-refractivity contribution is 0.0933. The molecule has 0 saturated carbocycles. The van der Waals surface area contributed by atoms with Gasteiger partial charge in [-0.1, -0.05) is 12.1 Å². The van der Waals surface area contributed by atoms with Crippen LogP contribution in [0.5, 0.6) is 5.75 Å². The number of rotatable bonds is 8. The van der Waals surface area contributed by atoms with Crippen molar-refractivity contribution >= 4 is 23.2 Å². The molecule has 0 aliphatic carbocycles. The molecule has 0 unspecified atom stereocenters. The Morgan fingerprint density at radius 3 is 2.41 bits per heavy atom. The van der Waals surface area contributed by atoms with Gasteiger partial charge in [0.2, 0.25) is 0 Å². The molecule has 1 aromatic heterocycles. The minimum Gasteiger partial charge on any atom is -0.497 e. The Kier molecular flexibility index (Phi) is 8.61. The summed E-state index contributed by atoms with van der Waals surface area (Å²) in [5, 5.41) is 6.60. The van der Waals surface area contributed by atoms with Crippen LogP contribution in [0.25, 0.3) is 0 Å². The molecule has 0 radical (unpaired) electrons. The van der Waals surface area contributed by atoms with Gasteiger partial charge in [-0.25, -0.2) is 4.98 Å². The van der Waals surface area contributed by atoms with E-state index in [1.165, 1.54) is 31.5 Å². The van der Waals surface area contributed by atoms with Crippen molar-refractivity contribution in [1.82, 2.24) is 20.2 Å². The van der Waals surface area contributed by atoms with Gasteiger partial charge in [0.15, 0.2) is 5.82 Å². The SMILES string of the molecule is COc1ccc(C(=O)N[C@@H]2CCCN(c3cncc(Nc4ccc(C5CCN(C(C)C)CC5)cc4)n3)C2)cc1. The van der Waals surface area contributed by atoms with E-state index in [1.54, 1.807) is 43.8 Å². The van der Waals surface area contributed by atoms with Crippen LogP contribution in [0.4, 0.5) is 17.3 Å². The maximum absolute atomic E-state index is 12.8.